The summed E-state index contributed by atoms with van der Waals surface area (Å²) in [6.07, 6.45) is 5.95. The Morgan fingerprint density at radius 3 is 2.49 bits per heavy atom. The van der Waals surface area contributed by atoms with Crippen LogP contribution in [0.15, 0.2) is 67.0 Å². The molecular weight excluding hydrogens is 821 g/mol. The van der Waals surface area contributed by atoms with Gasteiger partial charge in [0.15, 0.2) is 0 Å². The van der Waals surface area contributed by atoms with Gasteiger partial charge in [-0.3, -0.25) is 38.9 Å². The molecule has 0 radical (unpaired) electrons. The maximum absolute atomic E-state index is 14.7. The number of carbonyl (C=O) groups excluding carboxylic acids is 5. The van der Waals surface area contributed by atoms with Gasteiger partial charge < -0.3 is 24.4 Å². The zero-order valence-electron chi connectivity index (χ0n) is 39.1. The molecule has 3 aliphatic rings. The maximum Gasteiger partial charge on any atom is 0.324 e. The average Bonchev–Trinajstić information content (AvgIpc) is 3.90. The third-order valence-corrected chi connectivity index (χ3v) is 12.8. The van der Waals surface area contributed by atoms with Crippen LogP contribution in [0.4, 0.5) is 0 Å². The molecule has 7 rings (SSSR count). The highest BCUT2D eigenvalue weighted by molar-refractivity contribution is 5.97. The van der Waals surface area contributed by atoms with Crippen LogP contribution >= 0.6 is 0 Å². The number of likely N-dealkylation sites (N-methyl/N-ethyl adjacent to an activating group) is 1. The molecule has 0 spiro atoms. The third-order valence-electron chi connectivity index (χ3n) is 12.8. The molecule has 2 N–H and O–H groups in total. The number of fused-ring (bicyclic) bond motifs is 6. The second kappa shape index (κ2) is 20.0. The number of cyclic esters (lactones) is 1. The number of amides is 4. The predicted molar refractivity (Wildman–Crippen MR) is 251 cm³/mol. The van der Waals surface area contributed by atoms with Crippen LogP contribution in [-0.4, -0.2) is 131 Å². The molecule has 2 fully saturated rings. The Balaban J connectivity index is 1.22. The number of ether oxygens (including phenoxy) is 1. The van der Waals surface area contributed by atoms with Gasteiger partial charge in [-0.25, -0.2) is 5.43 Å². The molecule has 5 heterocycles. The van der Waals surface area contributed by atoms with Crippen LogP contribution in [0, 0.1) is 29.1 Å². The zero-order chi connectivity index (χ0) is 46.6. The summed E-state index contributed by atoms with van der Waals surface area (Å²) in [5.41, 5.74) is 9.83. The number of likely N-dealkylation sites (tertiary alicyclic amines) is 1. The lowest BCUT2D eigenvalue weighted by molar-refractivity contribution is -0.155. The van der Waals surface area contributed by atoms with Crippen molar-refractivity contribution in [1.29, 1.82) is 0 Å². The van der Waals surface area contributed by atoms with Gasteiger partial charge in [0.1, 0.15) is 18.1 Å². The summed E-state index contributed by atoms with van der Waals surface area (Å²) >= 11 is 0. The van der Waals surface area contributed by atoms with Crippen LogP contribution in [0.25, 0.3) is 33.3 Å². The molecular formula is C51H64N8O6. The molecule has 4 aromatic rings. The molecule has 6 bridgehead atoms. The summed E-state index contributed by atoms with van der Waals surface area (Å²) in [7, 11) is 5.36. The van der Waals surface area contributed by atoms with Crippen molar-refractivity contribution in [3.63, 3.8) is 0 Å². The molecule has 4 atom stereocenters. The van der Waals surface area contributed by atoms with Gasteiger partial charge in [0.25, 0.3) is 11.8 Å². The lowest BCUT2D eigenvalue weighted by Gasteiger charge is -2.37. The first-order chi connectivity index (χ1) is 31.0. The van der Waals surface area contributed by atoms with E-state index in [0.29, 0.717) is 45.3 Å². The molecule has 0 saturated carbocycles. The molecule has 2 aromatic carbocycles. The second-order valence-electron chi connectivity index (χ2n) is 19.2. The van der Waals surface area contributed by atoms with Crippen LogP contribution in [-0.2, 0) is 48.1 Å². The van der Waals surface area contributed by atoms with E-state index >= 15 is 0 Å². The first kappa shape index (κ1) is 46.9. The van der Waals surface area contributed by atoms with Gasteiger partial charge in [0, 0.05) is 73.9 Å². The highest BCUT2D eigenvalue weighted by Crippen LogP contribution is 2.40. The molecule has 3 aliphatic heterocycles. The van der Waals surface area contributed by atoms with Crippen molar-refractivity contribution in [2.45, 2.75) is 91.4 Å². The predicted octanol–water partition coefficient (Wildman–Crippen LogP) is 4.94. The van der Waals surface area contributed by atoms with E-state index in [1.807, 2.05) is 57.2 Å². The van der Waals surface area contributed by atoms with Gasteiger partial charge in [0.05, 0.1) is 24.8 Å². The Bertz CT molecular complexity index is 2490. The van der Waals surface area contributed by atoms with Gasteiger partial charge in [-0.05, 0) is 105 Å². The van der Waals surface area contributed by atoms with E-state index < -0.39 is 47.2 Å². The van der Waals surface area contributed by atoms with E-state index in [9.17, 15) is 24.0 Å². The standard InChI is InChI=1S/C51H64N8O6/c1-9-58-43-20-19-36-28-39(43)40(46(58)37-16-11-22-52-30-37)29-51(4,5)32-65-50(64)41-17-12-24-59(54-41)49(63)42(27-34-14-10-15-35(36)26-34)53-47(61)45(33(2)3)56(8)48(62)38-21-25-57(31-38)44(60)18-13-23-55(6)7/h10-11,14-16,19-20,22,26,28,30,33,38,41-42,45,54H,9,12,17,21,23-25,27,29,31-32H2,1-8H3,(H,53,61)/t38-,41-,42-,45?/m0/s1. The van der Waals surface area contributed by atoms with Gasteiger partial charge in [0.2, 0.25) is 11.8 Å². The fraction of sp³-hybridized carbons (Fsp3) is 0.490. The summed E-state index contributed by atoms with van der Waals surface area (Å²) in [4.78, 5) is 79.3. The number of carbonyl (C=O) groups is 5. The number of benzene rings is 2. The van der Waals surface area contributed by atoms with Crippen molar-refractivity contribution >= 4 is 40.5 Å². The molecule has 14 heteroatoms. The average molecular weight is 885 g/mol. The molecule has 1 unspecified atom stereocenters. The first-order valence-electron chi connectivity index (χ1n) is 22.9. The number of hydrazine groups is 1. The van der Waals surface area contributed by atoms with E-state index in [1.165, 1.54) is 9.91 Å². The summed E-state index contributed by atoms with van der Waals surface area (Å²) in [5, 5.41) is 5.61. The number of esters is 1. The van der Waals surface area contributed by atoms with Gasteiger partial charge in [-0.1, -0.05) is 63.9 Å². The minimum atomic E-state index is -1.04. The molecule has 14 nitrogen and oxygen atoms in total. The van der Waals surface area contributed by atoms with Crippen LogP contribution in [0.2, 0.25) is 0 Å². The molecule has 65 heavy (non-hydrogen) atoms. The number of nitrogens with zero attached hydrogens (tertiary/aromatic N) is 6. The van der Waals surface area contributed by atoms with Crippen molar-refractivity contribution in [3.8, 4) is 34.2 Å². The number of aryl methyl sites for hydroxylation is 1. The second-order valence-corrected chi connectivity index (χ2v) is 19.2. The number of aromatic nitrogens is 2. The number of hydrogen-bond acceptors (Lipinski definition) is 9. The van der Waals surface area contributed by atoms with Crippen LogP contribution in [0.5, 0.6) is 0 Å². The highest BCUT2D eigenvalue weighted by Gasteiger charge is 2.40. The molecule has 2 saturated heterocycles. The Kier molecular flexibility index (Phi) is 14.4. The topological polar surface area (TPSA) is 149 Å². The number of nitrogens with one attached hydrogen (secondary N) is 2. The fourth-order valence-electron chi connectivity index (χ4n) is 9.56. The number of rotatable bonds is 8. The van der Waals surface area contributed by atoms with E-state index in [2.05, 4.69) is 89.3 Å². The van der Waals surface area contributed by atoms with Gasteiger partial charge in [-0.2, -0.15) is 0 Å². The quantitative estimate of drug-likeness (QED) is 0.186. The number of pyridine rings is 1. The fourth-order valence-corrected chi connectivity index (χ4v) is 9.56. The SMILES string of the molecule is CCn1c(-c2cccnc2)c2c3cc(ccc31)-c1cccc(c1)C[C@H](NC(=O)C(C(C)C)N(C)C(=O)[C@H]1CCN(C(=O)C#CCN(C)C)C1)C(=O)N1CCC[C@H](N1)C(=O)OCC(C)(C)C2. The first-order valence-corrected chi connectivity index (χ1v) is 22.9. The smallest absolute Gasteiger partial charge is 0.324 e. The minimum Gasteiger partial charge on any atom is -0.464 e. The third kappa shape index (κ3) is 10.6. The van der Waals surface area contributed by atoms with Gasteiger partial charge in [-0.15, -0.1) is 0 Å². The Hall–Kier alpha value is -6.04. The van der Waals surface area contributed by atoms with E-state index in [0.717, 1.165) is 51.0 Å². The van der Waals surface area contributed by atoms with E-state index in [-0.39, 0.29) is 37.3 Å². The Labute approximate surface area is 383 Å². The normalized spacial score (nSPS) is 20.5. The molecule has 344 valence electrons. The van der Waals surface area contributed by atoms with E-state index in [1.54, 1.807) is 18.1 Å². The minimum absolute atomic E-state index is 0.155. The zero-order valence-corrected chi connectivity index (χ0v) is 39.1. The van der Waals surface area contributed by atoms with Crippen molar-refractivity contribution in [2.24, 2.45) is 17.3 Å². The van der Waals surface area contributed by atoms with Gasteiger partial charge >= 0.3 is 5.97 Å². The molecule has 4 amide bonds. The summed E-state index contributed by atoms with van der Waals surface area (Å²) in [6, 6.07) is 15.9. The van der Waals surface area contributed by atoms with Crippen LogP contribution in [0.3, 0.4) is 0 Å². The van der Waals surface area contributed by atoms with Crippen LogP contribution in [0.1, 0.15) is 65.0 Å². The lowest BCUT2D eigenvalue weighted by Crippen LogP contribution is -2.62. The molecule has 0 aliphatic carbocycles. The molecule has 2 aromatic heterocycles. The monoisotopic (exact) mass is 884 g/mol. The lowest BCUT2D eigenvalue weighted by atomic mass is 9.84. The van der Waals surface area contributed by atoms with Crippen molar-refractivity contribution in [3.05, 3.63) is 78.1 Å². The largest absolute Gasteiger partial charge is 0.464 e. The van der Waals surface area contributed by atoms with Crippen molar-refractivity contribution in [1.82, 2.24) is 40.0 Å². The van der Waals surface area contributed by atoms with E-state index in [4.69, 9.17) is 4.74 Å². The Morgan fingerprint density at radius 1 is 1.00 bits per heavy atom. The van der Waals surface area contributed by atoms with Crippen molar-refractivity contribution in [2.75, 3.05) is 53.9 Å². The van der Waals surface area contributed by atoms with Crippen molar-refractivity contribution < 1.29 is 28.7 Å². The summed E-state index contributed by atoms with van der Waals surface area (Å²) in [5.74, 6) is 2.87. The summed E-state index contributed by atoms with van der Waals surface area (Å²) < 4.78 is 8.40. The Morgan fingerprint density at radius 2 is 1.77 bits per heavy atom. The number of hydrogen-bond donors (Lipinski definition) is 2. The van der Waals surface area contributed by atoms with Crippen LogP contribution < -0.4 is 10.7 Å². The summed E-state index contributed by atoms with van der Waals surface area (Å²) in [6.45, 7) is 12.4. The highest BCUT2D eigenvalue weighted by atomic mass is 16.5. The maximum atomic E-state index is 14.7.